The molecule has 3 atom stereocenters. The fraction of sp³-hybridized carbons (Fsp3) is 0.684. The molecule has 0 radical (unpaired) electrons. The van der Waals surface area contributed by atoms with Gasteiger partial charge >= 0.3 is 0 Å². The van der Waals surface area contributed by atoms with Crippen LogP contribution in [0.5, 0.6) is 0 Å². The normalized spacial score (nSPS) is 37.5. The van der Waals surface area contributed by atoms with Crippen molar-refractivity contribution in [3.05, 3.63) is 34.9 Å². The quantitative estimate of drug-likeness (QED) is 0.739. The molecular formula is C19H25F2N. The van der Waals surface area contributed by atoms with Gasteiger partial charge in [0, 0.05) is 28.1 Å². The van der Waals surface area contributed by atoms with Crippen molar-refractivity contribution in [2.24, 2.45) is 5.92 Å². The van der Waals surface area contributed by atoms with E-state index in [4.69, 9.17) is 4.11 Å². The van der Waals surface area contributed by atoms with Crippen molar-refractivity contribution in [1.82, 2.24) is 4.90 Å². The summed E-state index contributed by atoms with van der Waals surface area (Å²) in [5.74, 6) is -2.57. The number of piperidine rings is 1. The lowest BCUT2D eigenvalue weighted by Gasteiger charge is -2.58. The van der Waals surface area contributed by atoms with Gasteiger partial charge in [0.2, 0.25) is 0 Å². The Kier molecular flexibility index (Phi) is 2.50. The zero-order chi connectivity index (χ0) is 18.0. The topological polar surface area (TPSA) is 3.24 Å². The van der Waals surface area contributed by atoms with Crippen molar-refractivity contribution in [2.45, 2.75) is 62.8 Å². The molecule has 1 aromatic carbocycles. The van der Waals surface area contributed by atoms with E-state index >= 15 is 0 Å². The number of halogens is 2. The van der Waals surface area contributed by atoms with E-state index in [1.165, 1.54) is 6.07 Å². The molecule has 4 rings (SSSR count). The van der Waals surface area contributed by atoms with Crippen molar-refractivity contribution in [3.8, 4) is 0 Å². The largest absolute Gasteiger partial charge is 0.303 e. The molecule has 2 bridgehead atoms. The molecule has 1 heterocycles. The maximum atomic E-state index is 13.9. The van der Waals surface area contributed by atoms with Gasteiger partial charge in [0.1, 0.15) is 0 Å². The zero-order valence-electron chi connectivity index (χ0n) is 16.0. The Labute approximate surface area is 135 Å². The molecular weight excluding hydrogens is 280 g/mol. The predicted octanol–water partition coefficient (Wildman–Crippen LogP) is 4.49. The third-order valence-corrected chi connectivity index (χ3v) is 6.34. The van der Waals surface area contributed by atoms with E-state index in [0.29, 0.717) is 13.0 Å². The minimum Gasteiger partial charge on any atom is -0.303 e. The molecule has 1 nitrogen and oxygen atoms in total. The van der Waals surface area contributed by atoms with Crippen LogP contribution in [0.2, 0.25) is 0 Å². The number of likely N-dealkylation sites (N-methyl/N-ethyl adjacent to an activating group) is 1. The predicted molar refractivity (Wildman–Crippen MR) is 84.4 cm³/mol. The van der Waals surface area contributed by atoms with Gasteiger partial charge in [-0.1, -0.05) is 25.0 Å². The van der Waals surface area contributed by atoms with Gasteiger partial charge in [-0.2, -0.15) is 0 Å². The van der Waals surface area contributed by atoms with E-state index in [9.17, 15) is 8.78 Å². The van der Waals surface area contributed by atoms with E-state index in [1.54, 1.807) is 11.0 Å². The van der Waals surface area contributed by atoms with Crippen LogP contribution in [0.25, 0.3) is 0 Å². The molecule has 1 aromatic rings. The number of rotatable bonds is 1. The van der Waals surface area contributed by atoms with Gasteiger partial charge < -0.3 is 4.90 Å². The molecule has 1 aliphatic heterocycles. The van der Waals surface area contributed by atoms with Crippen LogP contribution in [0.4, 0.5) is 8.78 Å². The summed E-state index contributed by atoms with van der Waals surface area (Å²) in [6, 6.07) is 5.08. The summed E-state index contributed by atoms with van der Waals surface area (Å²) in [7, 11) is 0. The van der Waals surface area contributed by atoms with E-state index in [2.05, 4.69) is 0 Å². The van der Waals surface area contributed by atoms with Crippen molar-refractivity contribution in [3.63, 3.8) is 0 Å². The standard InChI is InChI=1S/C19H25F2N/c1-18(20,21)14-7-6-13-11-17-15-5-3-4-8-19(15,16(13)12-14)9-10-22(17)2/h6-7,12,15,17H,3-5,8-11H2,1-2H3/t15-,17+,19+/m1/s1/i2D3. The third-order valence-electron chi connectivity index (χ3n) is 6.34. The summed E-state index contributed by atoms with van der Waals surface area (Å²) in [4.78, 5) is 1.70. The molecule has 120 valence electrons. The second-order valence-corrected chi connectivity index (χ2v) is 7.48. The van der Waals surface area contributed by atoms with E-state index in [-0.39, 0.29) is 22.9 Å². The van der Waals surface area contributed by atoms with Gasteiger partial charge in [0.15, 0.2) is 0 Å². The number of fused-ring (bicyclic) bond motifs is 1. The Morgan fingerprint density at radius 2 is 2.18 bits per heavy atom. The summed E-state index contributed by atoms with van der Waals surface area (Å²) in [6.45, 7) is -0.598. The van der Waals surface area contributed by atoms with Crippen molar-refractivity contribution in [2.75, 3.05) is 13.5 Å². The molecule has 0 unspecified atom stereocenters. The van der Waals surface area contributed by atoms with E-state index in [0.717, 1.165) is 50.2 Å². The first-order valence-electron chi connectivity index (χ1n) is 9.91. The Morgan fingerprint density at radius 1 is 1.32 bits per heavy atom. The van der Waals surface area contributed by atoms with Crippen molar-refractivity contribution in [1.29, 1.82) is 0 Å². The smallest absolute Gasteiger partial charge is 0.270 e. The molecule has 0 amide bonds. The fourth-order valence-electron chi connectivity index (χ4n) is 5.28. The number of hydrogen-bond acceptors (Lipinski definition) is 1. The molecule has 1 saturated carbocycles. The number of benzene rings is 1. The van der Waals surface area contributed by atoms with Crippen molar-refractivity contribution >= 4 is 0 Å². The summed E-state index contributed by atoms with van der Waals surface area (Å²) >= 11 is 0. The van der Waals surface area contributed by atoms with Crippen molar-refractivity contribution < 1.29 is 12.9 Å². The van der Waals surface area contributed by atoms with Gasteiger partial charge in [-0.05, 0) is 62.3 Å². The van der Waals surface area contributed by atoms with E-state index < -0.39 is 12.9 Å². The Morgan fingerprint density at radius 3 is 2.95 bits per heavy atom. The molecule has 0 aromatic heterocycles. The Hall–Kier alpha value is -0.960. The second kappa shape index (κ2) is 4.77. The van der Waals surface area contributed by atoms with Crippen LogP contribution >= 0.6 is 0 Å². The fourth-order valence-corrected chi connectivity index (χ4v) is 5.28. The molecule has 3 aliphatic rings. The van der Waals surface area contributed by atoms with Crippen LogP contribution < -0.4 is 0 Å². The van der Waals surface area contributed by atoms with Gasteiger partial charge in [-0.25, -0.2) is 8.78 Å². The van der Waals surface area contributed by atoms with E-state index in [1.807, 2.05) is 6.07 Å². The zero-order valence-corrected chi connectivity index (χ0v) is 13.0. The molecule has 3 heteroatoms. The highest BCUT2D eigenvalue weighted by Crippen LogP contribution is 2.55. The third kappa shape index (κ3) is 1.97. The van der Waals surface area contributed by atoms with Gasteiger partial charge in [0.05, 0.1) is 0 Å². The Balaban J connectivity index is 1.84. The monoisotopic (exact) mass is 308 g/mol. The highest BCUT2D eigenvalue weighted by atomic mass is 19.3. The lowest BCUT2D eigenvalue weighted by Crippen LogP contribution is -2.59. The first-order chi connectivity index (χ1) is 11.6. The maximum absolute atomic E-state index is 13.9. The summed E-state index contributed by atoms with van der Waals surface area (Å²) in [5, 5.41) is 0. The average Bonchev–Trinajstić information content (AvgIpc) is 2.52. The lowest BCUT2D eigenvalue weighted by atomic mass is 9.52. The number of alkyl halides is 2. The molecule has 0 N–H and O–H groups in total. The SMILES string of the molecule is [2H]C([2H])([2H])N1CC[C@@]23CCCC[C@@H]2[C@@H]1Cc1ccc(C(C)(F)F)cc13. The lowest BCUT2D eigenvalue weighted by molar-refractivity contribution is 0.000612. The first-order valence-corrected chi connectivity index (χ1v) is 8.41. The van der Waals surface area contributed by atoms with Crippen LogP contribution in [-0.2, 0) is 17.8 Å². The molecule has 0 spiro atoms. The minimum atomic E-state index is -2.84. The van der Waals surface area contributed by atoms with Crippen LogP contribution in [-0.4, -0.2) is 24.5 Å². The molecule has 1 saturated heterocycles. The highest BCUT2D eigenvalue weighted by molar-refractivity contribution is 5.44. The van der Waals surface area contributed by atoms with Crippen LogP contribution in [0.15, 0.2) is 18.2 Å². The van der Waals surface area contributed by atoms with Crippen LogP contribution in [0.1, 0.15) is 59.8 Å². The van der Waals surface area contributed by atoms with Gasteiger partial charge in [-0.3, -0.25) is 0 Å². The summed E-state index contributed by atoms with van der Waals surface area (Å²) in [6.07, 6.45) is 5.63. The second-order valence-electron chi connectivity index (χ2n) is 7.48. The molecule has 2 aliphatic carbocycles. The molecule has 2 fully saturated rings. The minimum absolute atomic E-state index is 0.00189. The first kappa shape index (κ1) is 11.6. The Bertz CT molecular complexity index is 682. The summed E-state index contributed by atoms with van der Waals surface area (Å²) < 4.78 is 51.5. The molecule has 22 heavy (non-hydrogen) atoms. The van der Waals surface area contributed by atoms with Gasteiger partial charge in [0.25, 0.3) is 5.92 Å². The number of nitrogens with zero attached hydrogens (tertiary/aromatic N) is 1. The summed E-state index contributed by atoms with van der Waals surface area (Å²) in [5.41, 5.74) is 2.13. The number of hydrogen-bond donors (Lipinski definition) is 0. The maximum Gasteiger partial charge on any atom is 0.270 e. The number of likely N-dealkylation sites (tertiary alicyclic amines) is 1. The van der Waals surface area contributed by atoms with Crippen LogP contribution in [0.3, 0.4) is 0 Å². The average molecular weight is 308 g/mol. The van der Waals surface area contributed by atoms with Crippen LogP contribution in [0, 0.1) is 5.92 Å². The highest BCUT2D eigenvalue weighted by Gasteiger charge is 2.53. The van der Waals surface area contributed by atoms with Gasteiger partial charge in [-0.15, -0.1) is 0 Å².